The van der Waals surface area contributed by atoms with E-state index in [1.165, 1.54) is 14.0 Å². The van der Waals surface area contributed by atoms with Crippen molar-refractivity contribution in [2.75, 3.05) is 12.9 Å². The highest BCUT2D eigenvalue weighted by Gasteiger charge is 2.27. The number of carbonyl (C=O) groups excluding carboxylic acids is 3. The fourth-order valence-corrected chi connectivity index (χ4v) is 4.19. The molecule has 2 N–H and O–H groups in total. The summed E-state index contributed by atoms with van der Waals surface area (Å²) in [6.45, 7) is 1.48. The SMILES string of the molecule is COC(=O)[C@H](Cc1c[nH]c2ccccc12)NC(=O)C(CSC(C)=O)Cc1ccccc1. The average Bonchev–Trinajstić information content (AvgIpc) is 3.19. The van der Waals surface area contributed by atoms with Crippen molar-refractivity contribution < 1.29 is 19.1 Å². The predicted molar refractivity (Wildman–Crippen MR) is 123 cm³/mol. The summed E-state index contributed by atoms with van der Waals surface area (Å²) in [4.78, 5) is 40.3. The first-order valence-corrected chi connectivity index (χ1v) is 11.1. The molecule has 1 heterocycles. The Hall–Kier alpha value is -3.06. The summed E-state index contributed by atoms with van der Waals surface area (Å²) in [6.07, 6.45) is 2.63. The minimum atomic E-state index is -0.822. The maximum absolute atomic E-state index is 13.1. The molecular formula is C24H26N2O4S. The van der Waals surface area contributed by atoms with Gasteiger partial charge in [-0.15, -0.1) is 0 Å². The largest absolute Gasteiger partial charge is 0.467 e. The highest BCUT2D eigenvalue weighted by molar-refractivity contribution is 8.13. The van der Waals surface area contributed by atoms with Crippen molar-refractivity contribution in [3.63, 3.8) is 0 Å². The van der Waals surface area contributed by atoms with E-state index in [4.69, 9.17) is 4.74 Å². The fraction of sp³-hybridized carbons (Fsp3) is 0.292. The van der Waals surface area contributed by atoms with Crippen LogP contribution in [0.2, 0.25) is 0 Å². The molecule has 2 atom stereocenters. The summed E-state index contributed by atoms with van der Waals surface area (Å²) in [5, 5.41) is 3.81. The minimum absolute atomic E-state index is 0.0471. The van der Waals surface area contributed by atoms with Gasteiger partial charge < -0.3 is 15.0 Å². The molecule has 0 saturated heterocycles. The number of nitrogens with one attached hydrogen (secondary N) is 2. The van der Waals surface area contributed by atoms with Crippen LogP contribution in [0, 0.1) is 5.92 Å². The van der Waals surface area contributed by atoms with Crippen LogP contribution in [0.4, 0.5) is 0 Å². The fourth-order valence-electron chi connectivity index (χ4n) is 3.49. The van der Waals surface area contributed by atoms with E-state index in [-0.39, 0.29) is 11.0 Å². The Morgan fingerprint density at radius 2 is 1.74 bits per heavy atom. The average molecular weight is 439 g/mol. The molecule has 0 bridgehead atoms. The molecule has 3 aromatic rings. The number of hydrogen-bond acceptors (Lipinski definition) is 5. The second-order valence-electron chi connectivity index (χ2n) is 7.34. The summed E-state index contributed by atoms with van der Waals surface area (Å²) in [6, 6.07) is 16.6. The maximum atomic E-state index is 13.1. The summed E-state index contributed by atoms with van der Waals surface area (Å²) < 4.78 is 4.95. The van der Waals surface area contributed by atoms with E-state index in [1.807, 2.05) is 60.8 Å². The van der Waals surface area contributed by atoms with Crippen LogP contribution in [0.5, 0.6) is 0 Å². The number of amides is 1. The Kier molecular flexibility index (Phi) is 7.89. The molecule has 7 heteroatoms. The molecule has 0 fully saturated rings. The lowest BCUT2D eigenvalue weighted by Gasteiger charge is -2.21. The first-order chi connectivity index (χ1) is 15.0. The number of benzene rings is 2. The second-order valence-corrected chi connectivity index (χ2v) is 8.53. The summed E-state index contributed by atoms with van der Waals surface area (Å²) in [5.41, 5.74) is 2.88. The van der Waals surface area contributed by atoms with Crippen LogP contribution in [0.15, 0.2) is 60.8 Å². The summed E-state index contributed by atoms with van der Waals surface area (Å²) in [5.74, 6) is -0.882. The molecule has 31 heavy (non-hydrogen) atoms. The Labute approximate surface area is 185 Å². The van der Waals surface area contributed by atoms with E-state index < -0.39 is 17.9 Å². The molecule has 0 radical (unpaired) electrons. The van der Waals surface area contributed by atoms with E-state index in [2.05, 4.69) is 10.3 Å². The van der Waals surface area contributed by atoms with Crippen LogP contribution in [-0.4, -0.2) is 40.9 Å². The molecule has 6 nitrogen and oxygen atoms in total. The Bertz CT molecular complexity index is 1050. The summed E-state index contributed by atoms with van der Waals surface area (Å²) >= 11 is 1.11. The number of fused-ring (bicyclic) bond motifs is 1. The van der Waals surface area contributed by atoms with E-state index in [0.717, 1.165) is 33.8 Å². The topological polar surface area (TPSA) is 88.3 Å². The van der Waals surface area contributed by atoms with E-state index in [9.17, 15) is 14.4 Å². The van der Waals surface area contributed by atoms with E-state index in [0.29, 0.717) is 18.6 Å². The molecular weight excluding hydrogens is 412 g/mol. The van der Waals surface area contributed by atoms with Crippen molar-refractivity contribution in [1.29, 1.82) is 0 Å². The van der Waals surface area contributed by atoms with Gasteiger partial charge in [0.2, 0.25) is 5.91 Å². The zero-order valence-corrected chi connectivity index (χ0v) is 18.4. The quantitative estimate of drug-likeness (QED) is 0.499. The van der Waals surface area contributed by atoms with Gasteiger partial charge in [-0.05, 0) is 23.6 Å². The first kappa shape index (κ1) is 22.6. The number of esters is 1. The van der Waals surface area contributed by atoms with Gasteiger partial charge >= 0.3 is 5.97 Å². The number of aromatic amines is 1. The number of ether oxygens (including phenoxy) is 1. The van der Waals surface area contributed by atoms with Crippen molar-refractivity contribution in [3.8, 4) is 0 Å². The van der Waals surface area contributed by atoms with Gasteiger partial charge in [-0.3, -0.25) is 9.59 Å². The molecule has 0 spiro atoms. The Balaban J connectivity index is 1.77. The van der Waals surface area contributed by atoms with Crippen LogP contribution in [0.25, 0.3) is 10.9 Å². The minimum Gasteiger partial charge on any atom is -0.467 e. The van der Waals surface area contributed by atoms with Crippen molar-refractivity contribution in [2.45, 2.75) is 25.8 Å². The summed E-state index contributed by atoms with van der Waals surface area (Å²) in [7, 11) is 1.31. The van der Waals surface area contributed by atoms with Crippen LogP contribution in [-0.2, 0) is 32.0 Å². The number of methoxy groups -OCH3 is 1. The van der Waals surface area contributed by atoms with E-state index in [1.54, 1.807) is 0 Å². The number of H-pyrrole nitrogens is 1. The lowest BCUT2D eigenvalue weighted by molar-refractivity contribution is -0.145. The smallest absolute Gasteiger partial charge is 0.328 e. The normalized spacial score (nSPS) is 12.8. The number of para-hydroxylation sites is 1. The van der Waals surface area contributed by atoms with Gasteiger partial charge in [0.1, 0.15) is 6.04 Å². The molecule has 1 aromatic heterocycles. The molecule has 0 aliphatic rings. The van der Waals surface area contributed by atoms with Crippen LogP contribution in [0.1, 0.15) is 18.1 Å². The molecule has 0 saturated carbocycles. The van der Waals surface area contributed by atoms with Gasteiger partial charge in [-0.25, -0.2) is 4.79 Å². The Morgan fingerprint density at radius 3 is 2.45 bits per heavy atom. The first-order valence-electron chi connectivity index (χ1n) is 10.1. The molecule has 162 valence electrons. The van der Waals surface area contributed by atoms with Crippen molar-refractivity contribution >= 4 is 39.7 Å². The van der Waals surface area contributed by atoms with Crippen LogP contribution in [0.3, 0.4) is 0 Å². The molecule has 0 aliphatic carbocycles. The molecule has 1 unspecified atom stereocenters. The number of hydrogen-bond donors (Lipinski definition) is 2. The number of rotatable bonds is 9. The van der Waals surface area contributed by atoms with Gasteiger partial charge in [-0.2, -0.15) is 0 Å². The van der Waals surface area contributed by atoms with Crippen molar-refractivity contribution in [2.24, 2.45) is 5.92 Å². The van der Waals surface area contributed by atoms with Gasteiger partial charge in [0.05, 0.1) is 13.0 Å². The van der Waals surface area contributed by atoms with Crippen LogP contribution >= 0.6 is 11.8 Å². The number of aromatic nitrogens is 1. The lowest BCUT2D eigenvalue weighted by atomic mass is 9.99. The van der Waals surface area contributed by atoms with Gasteiger partial charge in [-0.1, -0.05) is 60.3 Å². The number of thioether (sulfide) groups is 1. The highest BCUT2D eigenvalue weighted by atomic mass is 32.2. The monoisotopic (exact) mass is 438 g/mol. The lowest BCUT2D eigenvalue weighted by Crippen LogP contribution is -2.46. The molecule has 1 amide bonds. The highest BCUT2D eigenvalue weighted by Crippen LogP contribution is 2.20. The molecule has 3 rings (SSSR count). The van der Waals surface area contributed by atoms with Gasteiger partial charge in [0.25, 0.3) is 0 Å². The maximum Gasteiger partial charge on any atom is 0.328 e. The van der Waals surface area contributed by atoms with Gasteiger partial charge in [0.15, 0.2) is 5.12 Å². The Morgan fingerprint density at radius 1 is 1.03 bits per heavy atom. The van der Waals surface area contributed by atoms with E-state index >= 15 is 0 Å². The zero-order valence-electron chi connectivity index (χ0n) is 17.6. The van der Waals surface area contributed by atoms with Crippen LogP contribution < -0.4 is 5.32 Å². The third kappa shape index (κ3) is 6.21. The third-order valence-corrected chi connectivity index (χ3v) is 6.06. The third-order valence-electron chi connectivity index (χ3n) is 5.08. The zero-order chi connectivity index (χ0) is 22.2. The predicted octanol–water partition coefficient (Wildman–Crippen LogP) is 3.51. The molecule has 2 aromatic carbocycles. The van der Waals surface area contributed by atoms with Crippen molar-refractivity contribution in [3.05, 3.63) is 71.9 Å². The second kappa shape index (κ2) is 10.8. The number of carbonyl (C=O) groups is 3. The van der Waals surface area contributed by atoms with Gasteiger partial charge in [0, 0.05) is 36.2 Å². The molecule has 0 aliphatic heterocycles. The van der Waals surface area contributed by atoms with Crippen molar-refractivity contribution in [1.82, 2.24) is 10.3 Å². The standard InChI is InChI=1S/C24H26N2O4S/c1-16(27)31-15-19(12-17-8-4-3-5-9-17)23(28)26-22(24(29)30-2)13-18-14-25-21-11-7-6-10-20(18)21/h3-11,14,19,22,25H,12-13,15H2,1-2H3,(H,26,28)/t19?,22-/m0/s1.